The molecule has 0 aliphatic carbocycles. The average molecular weight is 353 g/mol. The summed E-state index contributed by atoms with van der Waals surface area (Å²) in [5.41, 5.74) is 5.26. The smallest absolute Gasteiger partial charge is 0.0411 e. The Kier molecular flexibility index (Phi) is 5.76. The van der Waals surface area contributed by atoms with E-state index >= 15 is 0 Å². The van der Waals surface area contributed by atoms with Crippen molar-refractivity contribution in [1.82, 2.24) is 19.9 Å². The number of rotatable bonds is 4. The average Bonchev–Trinajstić information content (AvgIpc) is 2.61. The Balaban J connectivity index is 1.92. The zero-order valence-corrected chi connectivity index (χ0v) is 16.9. The SMILES string of the molecule is Cc1ccccc1-c1ccncc1CN(N1CCN(C)CC1)C(C)(C)C. The van der Waals surface area contributed by atoms with Crippen LogP contribution in [0.1, 0.15) is 31.9 Å². The molecule has 0 spiro atoms. The normalized spacial score (nSPS) is 17.0. The summed E-state index contributed by atoms with van der Waals surface area (Å²) in [5, 5.41) is 5.05. The van der Waals surface area contributed by atoms with Gasteiger partial charge < -0.3 is 4.90 Å². The number of nitrogens with zero attached hydrogens (tertiary/aromatic N) is 4. The Morgan fingerprint density at radius 1 is 1.00 bits per heavy atom. The first-order chi connectivity index (χ1) is 12.4. The monoisotopic (exact) mass is 352 g/mol. The molecule has 0 bridgehead atoms. The van der Waals surface area contributed by atoms with Crippen LogP contribution in [-0.4, -0.2) is 58.7 Å². The van der Waals surface area contributed by atoms with Crippen LogP contribution in [-0.2, 0) is 6.54 Å². The predicted octanol–water partition coefficient (Wildman–Crippen LogP) is 3.82. The molecule has 2 heterocycles. The first-order valence-corrected chi connectivity index (χ1v) is 9.56. The van der Waals surface area contributed by atoms with Crippen LogP contribution < -0.4 is 0 Å². The van der Waals surface area contributed by atoms with E-state index in [1.807, 2.05) is 12.4 Å². The lowest BCUT2D eigenvalue weighted by molar-refractivity contribution is -0.116. The number of hydrogen-bond acceptors (Lipinski definition) is 4. The predicted molar refractivity (Wildman–Crippen MR) is 109 cm³/mol. The molecule has 1 aromatic heterocycles. The van der Waals surface area contributed by atoms with Crippen LogP contribution in [0.4, 0.5) is 0 Å². The van der Waals surface area contributed by atoms with Crippen LogP contribution in [0.3, 0.4) is 0 Å². The second-order valence-corrected chi connectivity index (χ2v) is 8.33. The summed E-state index contributed by atoms with van der Waals surface area (Å²) in [6.07, 6.45) is 3.94. The lowest BCUT2D eigenvalue weighted by atomic mass is 9.96. The highest BCUT2D eigenvalue weighted by Gasteiger charge is 2.30. The molecule has 4 heteroatoms. The molecule has 1 aliphatic heterocycles. The molecule has 0 atom stereocenters. The molecule has 0 saturated carbocycles. The van der Waals surface area contributed by atoms with Crippen LogP contribution in [0.15, 0.2) is 42.7 Å². The summed E-state index contributed by atoms with van der Waals surface area (Å²) >= 11 is 0. The van der Waals surface area contributed by atoms with Crippen molar-refractivity contribution in [2.45, 2.75) is 39.8 Å². The fraction of sp³-hybridized carbons (Fsp3) is 0.500. The van der Waals surface area contributed by atoms with Crippen molar-refractivity contribution in [2.24, 2.45) is 0 Å². The molecular weight excluding hydrogens is 320 g/mol. The Hall–Kier alpha value is -1.75. The van der Waals surface area contributed by atoms with Gasteiger partial charge in [-0.1, -0.05) is 24.3 Å². The number of benzene rings is 1. The Morgan fingerprint density at radius 3 is 2.35 bits per heavy atom. The topological polar surface area (TPSA) is 22.6 Å². The number of aryl methyl sites for hydroxylation is 1. The van der Waals surface area contributed by atoms with Crippen LogP contribution >= 0.6 is 0 Å². The van der Waals surface area contributed by atoms with E-state index in [0.29, 0.717) is 0 Å². The number of hydrazine groups is 1. The van der Waals surface area contributed by atoms with E-state index in [2.05, 4.69) is 85.0 Å². The van der Waals surface area contributed by atoms with E-state index in [1.165, 1.54) is 22.3 Å². The van der Waals surface area contributed by atoms with Crippen molar-refractivity contribution >= 4 is 0 Å². The van der Waals surface area contributed by atoms with Crippen LogP contribution in [0.5, 0.6) is 0 Å². The molecule has 0 radical (unpaired) electrons. The van der Waals surface area contributed by atoms with Crippen molar-refractivity contribution in [1.29, 1.82) is 0 Å². The maximum Gasteiger partial charge on any atom is 0.0411 e. The van der Waals surface area contributed by atoms with Gasteiger partial charge >= 0.3 is 0 Å². The van der Waals surface area contributed by atoms with Crippen LogP contribution in [0, 0.1) is 6.92 Å². The van der Waals surface area contributed by atoms with Gasteiger partial charge in [-0.2, -0.15) is 0 Å². The highest BCUT2D eigenvalue weighted by Crippen LogP contribution is 2.29. The molecule has 0 amide bonds. The highest BCUT2D eigenvalue weighted by molar-refractivity contribution is 5.69. The Morgan fingerprint density at radius 2 is 1.69 bits per heavy atom. The standard InChI is InChI=1S/C22H32N4/c1-18-8-6-7-9-20(18)21-10-11-23-16-19(21)17-26(22(2,3)4)25-14-12-24(5)13-15-25/h6-11,16H,12-15,17H2,1-5H3. The molecule has 0 unspecified atom stereocenters. The molecule has 1 fully saturated rings. The maximum absolute atomic E-state index is 4.44. The van der Waals surface area contributed by atoms with Gasteiger partial charge in [-0.25, -0.2) is 10.0 Å². The van der Waals surface area contributed by atoms with Crippen LogP contribution in [0.2, 0.25) is 0 Å². The molecule has 1 aliphatic rings. The highest BCUT2D eigenvalue weighted by atomic mass is 15.7. The summed E-state index contributed by atoms with van der Waals surface area (Å²) in [7, 11) is 2.20. The van der Waals surface area contributed by atoms with E-state index in [1.54, 1.807) is 0 Å². The molecule has 26 heavy (non-hydrogen) atoms. The lowest BCUT2D eigenvalue weighted by Crippen LogP contribution is -2.58. The van der Waals surface area contributed by atoms with Crippen molar-refractivity contribution in [3.8, 4) is 11.1 Å². The zero-order chi connectivity index (χ0) is 18.7. The Bertz CT molecular complexity index is 727. The number of likely N-dealkylation sites (N-methyl/N-ethyl adjacent to an activating group) is 1. The number of aromatic nitrogens is 1. The van der Waals surface area contributed by atoms with E-state index < -0.39 is 0 Å². The second-order valence-electron chi connectivity index (χ2n) is 8.33. The first kappa shape index (κ1) is 19.0. The third-order valence-corrected chi connectivity index (χ3v) is 5.25. The molecule has 1 aromatic carbocycles. The third-order valence-electron chi connectivity index (χ3n) is 5.25. The summed E-state index contributed by atoms with van der Waals surface area (Å²) in [6, 6.07) is 10.8. The zero-order valence-electron chi connectivity index (χ0n) is 16.9. The van der Waals surface area contributed by atoms with Crippen LogP contribution in [0.25, 0.3) is 11.1 Å². The molecule has 1 saturated heterocycles. The fourth-order valence-corrected chi connectivity index (χ4v) is 3.65. The minimum atomic E-state index is 0.0642. The van der Waals surface area contributed by atoms with Crippen molar-refractivity contribution in [3.05, 3.63) is 53.9 Å². The van der Waals surface area contributed by atoms with Crippen molar-refractivity contribution < 1.29 is 0 Å². The van der Waals surface area contributed by atoms with Gasteiger partial charge in [0.2, 0.25) is 0 Å². The summed E-state index contributed by atoms with van der Waals surface area (Å²) in [5.74, 6) is 0. The first-order valence-electron chi connectivity index (χ1n) is 9.56. The van der Waals surface area contributed by atoms with E-state index in [4.69, 9.17) is 0 Å². The van der Waals surface area contributed by atoms with Gasteiger partial charge in [0, 0.05) is 50.7 Å². The third kappa shape index (κ3) is 4.32. The minimum absolute atomic E-state index is 0.0642. The van der Waals surface area contributed by atoms with Gasteiger partial charge in [0.15, 0.2) is 0 Å². The molecule has 0 N–H and O–H groups in total. The van der Waals surface area contributed by atoms with Gasteiger partial charge in [-0.15, -0.1) is 0 Å². The largest absolute Gasteiger partial charge is 0.304 e. The van der Waals surface area contributed by atoms with Gasteiger partial charge in [-0.3, -0.25) is 4.98 Å². The molecule has 2 aromatic rings. The van der Waals surface area contributed by atoms with Gasteiger partial charge in [0.1, 0.15) is 0 Å². The van der Waals surface area contributed by atoms with Gasteiger partial charge in [0.05, 0.1) is 0 Å². The quantitative estimate of drug-likeness (QED) is 0.834. The fourth-order valence-electron chi connectivity index (χ4n) is 3.65. The summed E-state index contributed by atoms with van der Waals surface area (Å²) in [4.78, 5) is 6.84. The van der Waals surface area contributed by atoms with E-state index in [-0.39, 0.29) is 5.54 Å². The van der Waals surface area contributed by atoms with Crippen molar-refractivity contribution in [2.75, 3.05) is 33.2 Å². The minimum Gasteiger partial charge on any atom is -0.304 e. The number of hydrogen-bond donors (Lipinski definition) is 0. The van der Waals surface area contributed by atoms with E-state index in [0.717, 1.165) is 32.7 Å². The molecular formula is C22H32N4. The lowest BCUT2D eigenvalue weighted by Gasteiger charge is -2.47. The number of piperazine rings is 1. The second kappa shape index (κ2) is 7.87. The maximum atomic E-state index is 4.44. The van der Waals surface area contributed by atoms with Crippen molar-refractivity contribution in [3.63, 3.8) is 0 Å². The summed E-state index contributed by atoms with van der Waals surface area (Å²) in [6.45, 7) is 14.3. The molecule has 140 valence electrons. The van der Waals surface area contributed by atoms with Gasteiger partial charge in [-0.05, 0) is 63.1 Å². The Labute approximate surface area is 158 Å². The molecule has 4 nitrogen and oxygen atoms in total. The van der Waals surface area contributed by atoms with Gasteiger partial charge in [0.25, 0.3) is 0 Å². The summed E-state index contributed by atoms with van der Waals surface area (Å²) < 4.78 is 0. The molecule has 3 rings (SSSR count). The number of pyridine rings is 1. The van der Waals surface area contributed by atoms with E-state index in [9.17, 15) is 0 Å².